The van der Waals surface area contributed by atoms with Crippen LogP contribution in [0.1, 0.15) is 85.0 Å². The highest BCUT2D eigenvalue weighted by Gasteiger charge is 2.70. The molecule has 1 saturated heterocycles. The van der Waals surface area contributed by atoms with E-state index in [4.69, 9.17) is 14.2 Å². The molecule has 0 aromatic heterocycles. The summed E-state index contributed by atoms with van der Waals surface area (Å²) >= 11 is 0. The van der Waals surface area contributed by atoms with Gasteiger partial charge < -0.3 is 34.6 Å². The number of carbonyl (C=O) groups is 1. The number of rotatable bonds is 3. The molecule has 4 aliphatic carbocycles. The zero-order chi connectivity index (χ0) is 26.4. The number of aliphatic hydroxyl groups is 4. The van der Waals surface area contributed by atoms with Crippen LogP contribution in [0.3, 0.4) is 0 Å². The molecule has 6 rings (SSSR count). The highest BCUT2D eigenvalue weighted by Crippen LogP contribution is 2.70. The molecule has 37 heavy (non-hydrogen) atoms. The summed E-state index contributed by atoms with van der Waals surface area (Å²) < 4.78 is 17.3. The van der Waals surface area contributed by atoms with Gasteiger partial charge >= 0.3 is 5.97 Å². The fourth-order valence-electron chi connectivity index (χ4n) is 9.81. The Hall–Kier alpha value is -1.03. The lowest BCUT2D eigenvalue weighted by molar-refractivity contribution is -0.290. The minimum absolute atomic E-state index is 0.122. The Kier molecular flexibility index (Phi) is 6.19. The van der Waals surface area contributed by atoms with E-state index in [0.717, 1.165) is 50.5 Å². The van der Waals surface area contributed by atoms with Crippen LogP contribution < -0.4 is 0 Å². The van der Waals surface area contributed by atoms with Gasteiger partial charge in [-0.2, -0.15) is 0 Å². The monoisotopic (exact) mass is 520 g/mol. The molecular formula is C29H44O8. The van der Waals surface area contributed by atoms with E-state index in [9.17, 15) is 25.2 Å². The van der Waals surface area contributed by atoms with Gasteiger partial charge in [0.05, 0.1) is 29.5 Å². The smallest absolute Gasteiger partial charge is 0.331 e. The molecule has 0 aromatic rings. The van der Waals surface area contributed by atoms with Crippen molar-refractivity contribution >= 4 is 5.97 Å². The second-order valence-electron chi connectivity index (χ2n) is 13.6. The average Bonchev–Trinajstić information content (AvgIpc) is 3.38. The number of ether oxygens (including phenoxy) is 3. The van der Waals surface area contributed by atoms with Gasteiger partial charge in [0.1, 0.15) is 12.7 Å². The van der Waals surface area contributed by atoms with Crippen molar-refractivity contribution in [2.75, 3.05) is 6.61 Å². The topological polar surface area (TPSA) is 126 Å². The van der Waals surface area contributed by atoms with Crippen molar-refractivity contribution in [1.82, 2.24) is 0 Å². The Morgan fingerprint density at radius 3 is 2.41 bits per heavy atom. The molecule has 4 N–H and O–H groups in total. The zero-order valence-electron chi connectivity index (χ0n) is 22.4. The first-order chi connectivity index (χ1) is 17.4. The first-order valence-electron chi connectivity index (χ1n) is 14.4. The van der Waals surface area contributed by atoms with Gasteiger partial charge in [-0.25, -0.2) is 4.79 Å². The number of hydrogen-bond donors (Lipinski definition) is 4. The fourth-order valence-corrected chi connectivity index (χ4v) is 9.81. The van der Waals surface area contributed by atoms with E-state index in [-0.39, 0.29) is 47.1 Å². The van der Waals surface area contributed by atoms with Gasteiger partial charge in [0.2, 0.25) is 0 Å². The van der Waals surface area contributed by atoms with Crippen molar-refractivity contribution in [1.29, 1.82) is 0 Å². The number of aliphatic hydroxyl groups excluding tert-OH is 2. The zero-order valence-corrected chi connectivity index (χ0v) is 22.4. The van der Waals surface area contributed by atoms with E-state index in [1.165, 1.54) is 0 Å². The van der Waals surface area contributed by atoms with Crippen molar-refractivity contribution in [3.8, 4) is 0 Å². The molecule has 2 heterocycles. The summed E-state index contributed by atoms with van der Waals surface area (Å²) in [7, 11) is 0. The van der Waals surface area contributed by atoms with Crippen molar-refractivity contribution in [3.63, 3.8) is 0 Å². The van der Waals surface area contributed by atoms with E-state index in [1.807, 2.05) is 0 Å². The maximum absolute atomic E-state index is 12.4. The summed E-state index contributed by atoms with van der Waals surface area (Å²) in [6, 6.07) is 0. The molecule has 6 aliphatic rings. The summed E-state index contributed by atoms with van der Waals surface area (Å²) in [5, 5.41) is 44.6. The van der Waals surface area contributed by atoms with Crippen molar-refractivity contribution < 1.29 is 39.4 Å². The normalized spacial score (nSPS) is 55.6. The second kappa shape index (κ2) is 8.73. The van der Waals surface area contributed by atoms with Crippen molar-refractivity contribution in [3.05, 3.63) is 11.6 Å². The van der Waals surface area contributed by atoms with Gasteiger partial charge in [-0.05, 0) is 87.0 Å². The van der Waals surface area contributed by atoms with Gasteiger partial charge in [0, 0.05) is 24.3 Å². The van der Waals surface area contributed by atoms with E-state index < -0.39 is 35.8 Å². The summed E-state index contributed by atoms with van der Waals surface area (Å²) in [6.07, 6.45) is 5.78. The molecule has 8 nitrogen and oxygen atoms in total. The predicted molar refractivity (Wildman–Crippen MR) is 133 cm³/mol. The number of cyclic esters (lactones) is 1. The Morgan fingerprint density at radius 2 is 1.70 bits per heavy atom. The standard InChI is InChI=1S/C29H44O8/c1-16-25(32)22(30)13-24(36-16)37-18-4-8-26(2)20-5-9-27(3)19(17-12-23(31)35-15-17)7-11-29(27,34)21(20)6-10-28(26,33)14-18/h12,16,18-22,24-25,30,32-34H,4-11,13-15H2,1-3H3/t16-,18+,19-,20+,21-,22+,24+,25-,26-,27-,28+,29+/m1/s1. The van der Waals surface area contributed by atoms with Crippen molar-refractivity contribution in [2.45, 2.75) is 127 Å². The average molecular weight is 521 g/mol. The van der Waals surface area contributed by atoms with E-state index >= 15 is 0 Å². The van der Waals surface area contributed by atoms with E-state index in [0.29, 0.717) is 19.4 Å². The second-order valence-corrected chi connectivity index (χ2v) is 13.6. The summed E-state index contributed by atoms with van der Waals surface area (Å²) in [5.74, 6) is 0.240. The first-order valence-corrected chi connectivity index (χ1v) is 14.4. The quantitative estimate of drug-likeness (QED) is 0.331. The molecular weight excluding hydrogens is 476 g/mol. The molecule has 4 saturated carbocycles. The highest BCUT2D eigenvalue weighted by molar-refractivity contribution is 5.85. The maximum Gasteiger partial charge on any atom is 0.331 e. The molecule has 8 heteroatoms. The lowest BCUT2D eigenvalue weighted by Crippen LogP contribution is -2.67. The summed E-state index contributed by atoms with van der Waals surface area (Å²) in [6.45, 7) is 6.53. The Labute approximate surface area is 219 Å². The summed E-state index contributed by atoms with van der Waals surface area (Å²) in [4.78, 5) is 11.8. The third-order valence-electron chi connectivity index (χ3n) is 12.1. The van der Waals surface area contributed by atoms with Crippen LogP contribution in [-0.4, -0.2) is 74.9 Å². The third-order valence-corrected chi connectivity index (χ3v) is 12.1. The van der Waals surface area contributed by atoms with Crippen LogP contribution in [0.2, 0.25) is 0 Å². The lowest BCUT2D eigenvalue weighted by atomic mass is 9.42. The molecule has 0 amide bonds. The Balaban J connectivity index is 1.19. The number of carbonyl (C=O) groups excluding carboxylic acids is 1. The Morgan fingerprint density at radius 1 is 0.973 bits per heavy atom. The van der Waals surface area contributed by atoms with Gasteiger partial charge in [-0.3, -0.25) is 0 Å². The molecule has 5 fully saturated rings. The minimum Gasteiger partial charge on any atom is -0.458 e. The maximum atomic E-state index is 12.4. The predicted octanol–water partition coefficient (Wildman–Crippen LogP) is 2.60. The number of hydrogen-bond acceptors (Lipinski definition) is 8. The van der Waals surface area contributed by atoms with Gasteiger partial charge in [0.25, 0.3) is 0 Å². The van der Waals surface area contributed by atoms with Crippen LogP contribution in [0.4, 0.5) is 0 Å². The lowest BCUT2D eigenvalue weighted by Gasteiger charge is -2.66. The molecule has 208 valence electrons. The molecule has 0 radical (unpaired) electrons. The van der Waals surface area contributed by atoms with E-state index in [1.54, 1.807) is 13.0 Å². The van der Waals surface area contributed by atoms with Crippen molar-refractivity contribution in [2.24, 2.45) is 28.6 Å². The first kappa shape index (κ1) is 26.2. The SMILES string of the molecule is C[C@H]1O[C@@H](O[C@H]2CC[C@]3(C)[C@H]4CC[C@]5(C)[C@@H](C6=CC(=O)OC6)CC[C@]5(O)[C@@H]4CC[C@]3(O)C2)C[C@H](O)[C@@H]1O. The summed E-state index contributed by atoms with van der Waals surface area (Å²) in [5.41, 5.74) is -1.26. The molecule has 12 atom stereocenters. The van der Waals surface area contributed by atoms with Crippen LogP contribution in [0.15, 0.2) is 11.6 Å². The van der Waals surface area contributed by atoms with Crippen LogP contribution in [0.5, 0.6) is 0 Å². The third kappa shape index (κ3) is 3.73. The van der Waals surface area contributed by atoms with Crippen LogP contribution >= 0.6 is 0 Å². The molecule has 0 bridgehead atoms. The van der Waals surface area contributed by atoms with Gasteiger partial charge in [-0.15, -0.1) is 0 Å². The molecule has 2 aliphatic heterocycles. The van der Waals surface area contributed by atoms with E-state index in [2.05, 4.69) is 13.8 Å². The highest BCUT2D eigenvalue weighted by atomic mass is 16.7. The van der Waals surface area contributed by atoms with Gasteiger partial charge in [0.15, 0.2) is 6.29 Å². The van der Waals surface area contributed by atoms with Gasteiger partial charge in [-0.1, -0.05) is 13.8 Å². The number of fused-ring (bicyclic) bond motifs is 5. The van der Waals surface area contributed by atoms with Crippen LogP contribution in [0, 0.1) is 28.6 Å². The van der Waals surface area contributed by atoms with Crippen LogP contribution in [-0.2, 0) is 19.0 Å². The fraction of sp³-hybridized carbons (Fsp3) is 0.897. The largest absolute Gasteiger partial charge is 0.458 e. The Bertz CT molecular complexity index is 956. The van der Waals surface area contributed by atoms with Crippen LogP contribution in [0.25, 0.3) is 0 Å². The molecule has 0 aromatic carbocycles. The number of esters is 1. The molecule has 0 spiro atoms. The molecule has 0 unspecified atom stereocenters. The minimum atomic E-state index is -0.912.